The summed E-state index contributed by atoms with van der Waals surface area (Å²) in [6, 6.07) is 14.2. The van der Waals surface area contributed by atoms with Gasteiger partial charge in [0, 0.05) is 18.3 Å². The first-order valence-corrected chi connectivity index (χ1v) is 13.0. The van der Waals surface area contributed by atoms with Gasteiger partial charge in [0.25, 0.3) is 10.0 Å². The fourth-order valence-electron chi connectivity index (χ4n) is 4.03. The lowest BCUT2D eigenvalue weighted by Gasteiger charge is -2.31. The number of allylic oxidation sites excluding steroid dienone is 1. The second-order valence-electron chi connectivity index (χ2n) is 8.00. The maximum atomic E-state index is 13.2. The summed E-state index contributed by atoms with van der Waals surface area (Å²) in [4.78, 5) is 30.9. The van der Waals surface area contributed by atoms with Crippen molar-refractivity contribution >= 4 is 22.4 Å². The van der Waals surface area contributed by atoms with Crippen molar-refractivity contribution in [1.29, 1.82) is 0 Å². The number of amides is 1. The Morgan fingerprint density at radius 2 is 1.89 bits per heavy atom. The number of hydrogen-bond acceptors (Lipinski definition) is 8. The first-order valence-electron chi connectivity index (χ1n) is 11.5. The van der Waals surface area contributed by atoms with Gasteiger partial charge in [-0.2, -0.15) is 0 Å². The van der Waals surface area contributed by atoms with Gasteiger partial charge in [0.2, 0.25) is 0 Å². The lowest BCUT2D eigenvalue weighted by molar-refractivity contribution is -0.155. The average molecular weight is 502 g/mol. The fraction of sp³-hybridized carbons (Fsp3) is 0.360. The zero-order chi connectivity index (χ0) is 25.4. The number of rotatable bonds is 11. The molecule has 0 fully saturated rings. The maximum absolute atomic E-state index is 13.2. The second-order valence-corrected chi connectivity index (χ2v) is 9.65. The Bertz CT molecular complexity index is 1170. The van der Waals surface area contributed by atoms with Crippen LogP contribution in [0, 0.1) is 0 Å². The number of carbonyl (C=O) groups excluding carboxylic acids is 2. The van der Waals surface area contributed by atoms with E-state index < -0.39 is 16.1 Å². The van der Waals surface area contributed by atoms with Gasteiger partial charge in [-0.3, -0.25) is 9.63 Å². The number of ether oxygens (including phenoxy) is 1. The molecule has 1 heterocycles. The number of nitrogens with zero attached hydrogens (tertiary/aromatic N) is 2. The van der Waals surface area contributed by atoms with E-state index in [0.29, 0.717) is 28.9 Å². The van der Waals surface area contributed by atoms with Gasteiger partial charge in [-0.15, -0.1) is 0 Å². The molecule has 0 saturated heterocycles. The third-order valence-corrected chi connectivity index (χ3v) is 6.97. The number of benzene rings is 2. The van der Waals surface area contributed by atoms with Gasteiger partial charge in [-0.1, -0.05) is 55.8 Å². The molecule has 1 amide bonds. The predicted molar refractivity (Wildman–Crippen MR) is 131 cm³/mol. The molecule has 9 nitrogen and oxygen atoms in total. The molecule has 1 unspecified atom stereocenters. The molecule has 2 aromatic carbocycles. The number of unbranched alkanes of at least 4 members (excludes halogenated alkanes) is 1. The number of nitrogens with one attached hydrogen (secondary N) is 1. The largest absolute Gasteiger partial charge is 0.449 e. The van der Waals surface area contributed by atoms with Gasteiger partial charge in [0.1, 0.15) is 11.9 Å². The maximum Gasteiger partial charge on any atom is 0.421 e. The van der Waals surface area contributed by atoms with Crippen LogP contribution in [0.1, 0.15) is 38.7 Å². The van der Waals surface area contributed by atoms with Crippen LogP contribution in [0.15, 0.2) is 65.3 Å². The summed E-state index contributed by atoms with van der Waals surface area (Å²) >= 11 is 0. The minimum absolute atomic E-state index is 0.0400. The molecule has 1 atom stereocenters. The molecule has 1 N–H and O–H groups in total. The van der Waals surface area contributed by atoms with Gasteiger partial charge in [-0.25, -0.2) is 23.0 Å². The van der Waals surface area contributed by atoms with Crippen LogP contribution < -0.4 is 4.72 Å². The number of hydroxylamine groups is 2. The van der Waals surface area contributed by atoms with Gasteiger partial charge < -0.3 is 9.64 Å². The Morgan fingerprint density at radius 1 is 1.14 bits per heavy atom. The molecule has 10 heteroatoms. The van der Waals surface area contributed by atoms with E-state index in [1.807, 2.05) is 33.9 Å². The summed E-state index contributed by atoms with van der Waals surface area (Å²) in [5.41, 5.74) is 2.23. The molecule has 1 aliphatic heterocycles. The third-order valence-electron chi connectivity index (χ3n) is 5.62. The van der Waals surface area contributed by atoms with E-state index in [1.165, 1.54) is 7.11 Å². The minimum Gasteiger partial charge on any atom is -0.449 e. The molecular weight excluding hydrogens is 470 g/mol. The lowest BCUT2D eigenvalue weighted by atomic mass is 10.0. The monoisotopic (exact) mass is 501 g/mol. The van der Waals surface area contributed by atoms with Crippen LogP contribution in [-0.4, -0.2) is 50.6 Å². The predicted octanol–water partition coefficient (Wildman–Crippen LogP) is 4.02. The summed E-state index contributed by atoms with van der Waals surface area (Å²) in [5, 5.41) is 1.57. The Morgan fingerprint density at radius 3 is 2.51 bits per heavy atom. The zero-order valence-corrected chi connectivity index (χ0v) is 21.0. The number of aldehydes is 1. The number of hydrogen-bond donors (Lipinski definition) is 1. The zero-order valence-electron chi connectivity index (χ0n) is 20.1. The molecule has 3 rings (SSSR count). The smallest absolute Gasteiger partial charge is 0.421 e. The Hall–Kier alpha value is -3.37. The second kappa shape index (κ2) is 11.9. The molecule has 0 aliphatic carbocycles. The van der Waals surface area contributed by atoms with Crippen LogP contribution in [0.25, 0.3) is 11.1 Å². The highest BCUT2D eigenvalue weighted by molar-refractivity contribution is 7.90. The SMILES string of the molecule is CCCCC1N(Cc2ccc(-c3ccccc3)c(S(=O)(=O)NC(=O)OCC)c2)C=C(C=O)N1OC. The van der Waals surface area contributed by atoms with Gasteiger partial charge in [0.05, 0.1) is 18.6 Å². The normalized spacial score (nSPS) is 15.6. The topological polar surface area (TPSA) is 105 Å². The summed E-state index contributed by atoms with van der Waals surface area (Å²) in [5.74, 6) is 0. The third kappa shape index (κ3) is 6.20. The highest BCUT2D eigenvalue weighted by Gasteiger charge is 2.32. The van der Waals surface area contributed by atoms with Crippen LogP contribution in [-0.2, 0) is 30.9 Å². The van der Waals surface area contributed by atoms with Crippen molar-refractivity contribution in [3.8, 4) is 11.1 Å². The molecule has 0 spiro atoms. The fourth-order valence-corrected chi connectivity index (χ4v) is 5.20. The van der Waals surface area contributed by atoms with Crippen molar-refractivity contribution in [2.45, 2.75) is 50.7 Å². The van der Waals surface area contributed by atoms with Crippen molar-refractivity contribution in [3.05, 3.63) is 66.0 Å². The van der Waals surface area contributed by atoms with Crippen LogP contribution in [0.4, 0.5) is 4.79 Å². The minimum atomic E-state index is -4.22. The Kier molecular flexibility index (Phi) is 8.89. The van der Waals surface area contributed by atoms with Crippen molar-refractivity contribution in [2.24, 2.45) is 0 Å². The first kappa shape index (κ1) is 26.2. The average Bonchev–Trinajstić information content (AvgIpc) is 3.19. The number of sulfonamides is 1. The van der Waals surface area contributed by atoms with Crippen molar-refractivity contribution in [1.82, 2.24) is 14.7 Å². The van der Waals surface area contributed by atoms with Crippen molar-refractivity contribution < 1.29 is 27.6 Å². The Labute approximate surface area is 206 Å². The molecule has 0 aromatic heterocycles. The van der Waals surface area contributed by atoms with Crippen LogP contribution >= 0.6 is 0 Å². The van der Waals surface area contributed by atoms with E-state index in [1.54, 1.807) is 42.5 Å². The van der Waals surface area contributed by atoms with E-state index in [0.717, 1.165) is 25.5 Å². The molecule has 188 valence electrons. The van der Waals surface area contributed by atoms with Crippen LogP contribution in [0.2, 0.25) is 0 Å². The highest BCUT2D eigenvalue weighted by atomic mass is 32.2. The summed E-state index contributed by atoms with van der Waals surface area (Å²) < 4.78 is 33.2. The highest BCUT2D eigenvalue weighted by Crippen LogP contribution is 2.31. The molecule has 0 saturated carbocycles. The molecule has 0 radical (unpaired) electrons. The Balaban J connectivity index is 2.00. The summed E-state index contributed by atoms with van der Waals surface area (Å²) in [7, 11) is -2.71. The van der Waals surface area contributed by atoms with E-state index >= 15 is 0 Å². The van der Waals surface area contributed by atoms with E-state index in [-0.39, 0.29) is 17.7 Å². The lowest BCUT2D eigenvalue weighted by Crippen LogP contribution is -2.39. The summed E-state index contributed by atoms with van der Waals surface area (Å²) in [6.45, 7) is 4.06. The van der Waals surface area contributed by atoms with Crippen LogP contribution in [0.3, 0.4) is 0 Å². The van der Waals surface area contributed by atoms with Crippen LogP contribution in [0.5, 0.6) is 0 Å². The van der Waals surface area contributed by atoms with E-state index in [4.69, 9.17) is 9.57 Å². The molecular formula is C25H31N3O6S. The molecule has 1 aliphatic rings. The van der Waals surface area contributed by atoms with Crippen molar-refractivity contribution in [2.75, 3.05) is 13.7 Å². The van der Waals surface area contributed by atoms with E-state index in [9.17, 15) is 18.0 Å². The molecule has 35 heavy (non-hydrogen) atoms. The summed E-state index contributed by atoms with van der Waals surface area (Å²) in [6.07, 6.45) is 3.88. The van der Waals surface area contributed by atoms with Gasteiger partial charge in [-0.05, 0) is 37.0 Å². The van der Waals surface area contributed by atoms with Crippen molar-refractivity contribution in [3.63, 3.8) is 0 Å². The van der Waals surface area contributed by atoms with Gasteiger partial charge >= 0.3 is 6.09 Å². The van der Waals surface area contributed by atoms with Gasteiger partial charge in [0.15, 0.2) is 6.29 Å². The first-order chi connectivity index (χ1) is 16.8. The quantitative estimate of drug-likeness (QED) is 0.460. The standard InChI is InChI=1S/C25H31N3O6S/c1-4-6-12-24-27(17-21(18-29)28(24)33-3)16-19-13-14-22(20-10-8-7-9-11-20)23(15-19)35(31,32)26-25(30)34-5-2/h7-11,13-15,17-18,24H,4-6,12,16H2,1-3H3,(H,26,30). The van der Waals surface area contributed by atoms with E-state index in [2.05, 4.69) is 6.92 Å². The molecule has 2 aromatic rings. The number of carbonyl (C=O) groups is 2. The molecule has 0 bridgehead atoms.